The van der Waals surface area contributed by atoms with E-state index in [0.717, 1.165) is 12.0 Å². The standard InChI is InChI=1S/C20H32N2O5/c1-25-18-8-7-15(12-17(18)23)9-10-21-20(24)16(11-14-5-4-6-14)22-13-19(26-2)27-3/h7-8,12,14,16,19,22-23H,4-6,9-11,13H2,1-3H3,(H,21,24)/t16-/m1/s1. The van der Waals surface area contributed by atoms with Gasteiger partial charge in [0, 0.05) is 27.3 Å². The van der Waals surface area contributed by atoms with Gasteiger partial charge in [-0.25, -0.2) is 0 Å². The second-order valence-electron chi connectivity index (χ2n) is 6.94. The first kappa shape index (κ1) is 21.5. The molecule has 7 nitrogen and oxygen atoms in total. The summed E-state index contributed by atoms with van der Waals surface area (Å²) >= 11 is 0. The number of ether oxygens (including phenoxy) is 3. The fraction of sp³-hybridized carbons (Fsp3) is 0.650. The monoisotopic (exact) mass is 380 g/mol. The second kappa shape index (κ2) is 11.1. The molecule has 0 radical (unpaired) electrons. The summed E-state index contributed by atoms with van der Waals surface area (Å²) in [5.74, 6) is 1.15. The van der Waals surface area contributed by atoms with E-state index in [1.807, 2.05) is 6.07 Å². The van der Waals surface area contributed by atoms with Crippen molar-refractivity contribution in [2.75, 3.05) is 34.4 Å². The Morgan fingerprint density at radius 2 is 2.00 bits per heavy atom. The Hall–Kier alpha value is -1.83. The molecule has 0 aliphatic heterocycles. The highest BCUT2D eigenvalue weighted by molar-refractivity contribution is 5.81. The minimum absolute atomic E-state index is 0.00871. The number of carbonyl (C=O) groups excluding carboxylic acids is 1. The van der Waals surface area contributed by atoms with Gasteiger partial charge in [0.2, 0.25) is 5.91 Å². The van der Waals surface area contributed by atoms with E-state index < -0.39 is 0 Å². The second-order valence-corrected chi connectivity index (χ2v) is 6.94. The van der Waals surface area contributed by atoms with Crippen LogP contribution in [0.4, 0.5) is 0 Å². The Kier molecular flexibility index (Phi) is 8.84. The zero-order valence-corrected chi connectivity index (χ0v) is 16.5. The number of carbonyl (C=O) groups is 1. The number of phenols is 1. The van der Waals surface area contributed by atoms with Crippen LogP contribution in [0, 0.1) is 5.92 Å². The molecule has 1 aliphatic carbocycles. The molecule has 1 aromatic carbocycles. The molecule has 2 rings (SSSR count). The molecule has 0 spiro atoms. The molecule has 0 bridgehead atoms. The summed E-state index contributed by atoms with van der Waals surface area (Å²) < 4.78 is 15.4. The van der Waals surface area contributed by atoms with Crippen molar-refractivity contribution in [1.82, 2.24) is 10.6 Å². The highest BCUT2D eigenvalue weighted by Crippen LogP contribution is 2.30. The topological polar surface area (TPSA) is 89.1 Å². The fourth-order valence-corrected chi connectivity index (χ4v) is 3.19. The summed E-state index contributed by atoms with van der Waals surface area (Å²) in [4.78, 5) is 12.6. The number of benzene rings is 1. The van der Waals surface area contributed by atoms with Crippen LogP contribution in [0.5, 0.6) is 11.5 Å². The Morgan fingerprint density at radius 1 is 1.26 bits per heavy atom. The average molecular weight is 380 g/mol. The Morgan fingerprint density at radius 3 is 2.56 bits per heavy atom. The third kappa shape index (κ3) is 6.68. The summed E-state index contributed by atoms with van der Waals surface area (Å²) in [6, 6.07) is 5.02. The lowest BCUT2D eigenvalue weighted by Crippen LogP contribution is -2.48. The van der Waals surface area contributed by atoms with Crippen LogP contribution in [-0.4, -0.2) is 57.8 Å². The van der Waals surface area contributed by atoms with Crippen molar-refractivity contribution in [2.24, 2.45) is 5.92 Å². The van der Waals surface area contributed by atoms with Gasteiger partial charge in [-0.05, 0) is 36.5 Å². The number of aromatic hydroxyl groups is 1. The van der Waals surface area contributed by atoms with Gasteiger partial charge in [0.15, 0.2) is 17.8 Å². The first-order valence-electron chi connectivity index (χ1n) is 9.50. The van der Waals surface area contributed by atoms with Crippen LogP contribution in [0.15, 0.2) is 18.2 Å². The van der Waals surface area contributed by atoms with Crippen LogP contribution in [0.1, 0.15) is 31.2 Å². The first-order valence-corrected chi connectivity index (χ1v) is 9.50. The molecule has 1 aromatic rings. The van der Waals surface area contributed by atoms with E-state index in [-0.39, 0.29) is 24.0 Å². The lowest BCUT2D eigenvalue weighted by molar-refractivity contribution is -0.125. The van der Waals surface area contributed by atoms with Gasteiger partial charge in [0.1, 0.15) is 0 Å². The van der Waals surface area contributed by atoms with Gasteiger partial charge in [-0.15, -0.1) is 0 Å². The lowest BCUT2D eigenvalue weighted by atomic mass is 9.80. The van der Waals surface area contributed by atoms with Gasteiger partial charge in [0.25, 0.3) is 0 Å². The Labute approximate surface area is 161 Å². The molecule has 1 amide bonds. The van der Waals surface area contributed by atoms with Crippen molar-refractivity contribution in [2.45, 2.75) is 44.4 Å². The zero-order valence-electron chi connectivity index (χ0n) is 16.5. The highest BCUT2D eigenvalue weighted by atomic mass is 16.7. The fourth-order valence-electron chi connectivity index (χ4n) is 3.19. The summed E-state index contributed by atoms with van der Waals surface area (Å²) in [5, 5.41) is 16.1. The van der Waals surface area contributed by atoms with Gasteiger partial charge in [-0.1, -0.05) is 25.3 Å². The predicted molar refractivity (Wildman–Crippen MR) is 103 cm³/mol. The van der Waals surface area contributed by atoms with E-state index in [2.05, 4.69) is 10.6 Å². The number of phenolic OH excluding ortho intramolecular Hbond substituents is 1. The molecule has 0 aromatic heterocycles. The van der Waals surface area contributed by atoms with Crippen molar-refractivity contribution in [1.29, 1.82) is 0 Å². The molecule has 1 fully saturated rings. The van der Waals surface area contributed by atoms with Crippen molar-refractivity contribution in [3.63, 3.8) is 0 Å². The van der Waals surface area contributed by atoms with Crippen molar-refractivity contribution in [3.05, 3.63) is 23.8 Å². The molecular formula is C20H32N2O5. The van der Waals surface area contributed by atoms with Crippen LogP contribution in [0.25, 0.3) is 0 Å². The largest absolute Gasteiger partial charge is 0.504 e. The number of nitrogens with one attached hydrogen (secondary N) is 2. The van der Waals surface area contributed by atoms with Crippen molar-refractivity contribution in [3.8, 4) is 11.5 Å². The van der Waals surface area contributed by atoms with Gasteiger partial charge in [-0.3, -0.25) is 4.79 Å². The van der Waals surface area contributed by atoms with E-state index in [9.17, 15) is 9.90 Å². The molecule has 1 aliphatic rings. The molecule has 1 atom stereocenters. The third-order valence-electron chi connectivity index (χ3n) is 5.12. The maximum absolute atomic E-state index is 12.6. The number of hydrogen-bond donors (Lipinski definition) is 3. The average Bonchev–Trinajstić information content (AvgIpc) is 2.63. The summed E-state index contributed by atoms with van der Waals surface area (Å²) in [6.45, 7) is 0.968. The van der Waals surface area contributed by atoms with Crippen molar-refractivity contribution < 1.29 is 24.1 Å². The molecule has 0 saturated heterocycles. The number of rotatable bonds is 12. The quantitative estimate of drug-likeness (QED) is 0.480. The molecule has 0 heterocycles. The molecule has 27 heavy (non-hydrogen) atoms. The third-order valence-corrected chi connectivity index (χ3v) is 5.12. The Balaban J connectivity index is 1.83. The lowest BCUT2D eigenvalue weighted by Gasteiger charge is -2.30. The normalized spacial score (nSPS) is 15.4. The molecule has 3 N–H and O–H groups in total. The van der Waals surface area contributed by atoms with E-state index in [4.69, 9.17) is 14.2 Å². The van der Waals surface area contributed by atoms with Crippen LogP contribution < -0.4 is 15.4 Å². The number of methoxy groups -OCH3 is 3. The van der Waals surface area contributed by atoms with Gasteiger partial charge in [0.05, 0.1) is 13.2 Å². The zero-order chi connectivity index (χ0) is 19.6. The van der Waals surface area contributed by atoms with E-state index in [0.29, 0.717) is 31.2 Å². The van der Waals surface area contributed by atoms with Crippen LogP contribution in [0.3, 0.4) is 0 Å². The first-order chi connectivity index (χ1) is 13.1. The molecule has 152 valence electrons. The van der Waals surface area contributed by atoms with E-state index >= 15 is 0 Å². The number of hydrogen-bond acceptors (Lipinski definition) is 6. The maximum atomic E-state index is 12.6. The van der Waals surface area contributed by atoms with Crippen LogP contribution in [-0.2, 0) is 20.7 Å². The SMILES string of the molecule is COc1ccc(CCNC(=O)[C@@H](CC2CCC2)NCC(OC)OC)cc1O. The molecular weight excluding hydrogens is 348 g/mol. The van der Waals surface area contributed by atoms with E-state index in [1.54, 1.807) is 26.4 Å². The van der Waals surface area contributed by atoms with Gasteiger partial charge < -0.3 is 30.0 Å². The number of amides is 1. The summed E-state index contributed by atoms with van der Waals surface area (Å²) in [5.41, 5.74) is 0.941. The Bertz CT molecular complexity index is 588. The smallest absolute Gasteiger partial charge is 0.237 e. The van der Waals surface area contributed by atoms with Crippen LogP contribution >= 0.6 is 0 Å². The molecule has 0 unspecified atom stereocenters. The summed E-state index contributed by atoms with van der Waals surface area (Å²) in [7, 11) is 4.68. The minimum Gasteiger partial charge on any atom is -0.504 e. The van der Waals surface area contributed by atoms with Crippen molar-refractivity contribution >= 4 is 5.91 Å². The molecule has 1 saturated carbocycles. The van der Waals surface area contributed by atoms with Gasteiger partial charge >= 0.3 is 0 Å². The van der Waals surface area contributed by atoms with Gasteiger partial charge in [-0.2, -0.15) is 0 Å². The maximum Gasteiger partial charge on any atom is 0.237 e. The van der Waals surface area contributed by atoms with Crippen LogP contribution in [0.2, 0.25) is 0 Å². The van der Waals surface area contributed by atoms with E-state index in [1.165, 1.54) is 26.4 Å². The highest BCUT2D eigenvalue weighted by Gasteiger charge is 2.26. The minimum atomic E-state index is -0.371. The molecule has 7 heteroatoms. The summed E-state index contributed by atoms with van der Waals surface area (Å²) in [6.07, 6.45) is 4.72. The predicted octanol–water partition coefficient (Wildman–Crippen LogP) is 1.83.